The molecule has 2 unspecified atom stereocenters. The summed E-state index contributed by atoms with van der Waals surface area (Å²) in [5, 5.41) is 9.85. The summed E-state index contributed by atoms with van der Waals surface area (Å²) in [5.41, 5.74) is -0.341. The van der Waals surface area contributed by atoms with Crippen LogP contribution in [0.25, 0.3) is 0 Å². The zero-order valence-corrected chi connectivity index (χ0v) is 19.0. The Balaban J connectivity index is 3.75. The molecule has 9 heteroatoms. The third-order valence-electron chi connectivity index (χ3n) is 4.60. The first-order valence-electron chi connectivity index (χ1n) is 9.35. The van der Waals surface area contributed by atoms with Crippen molar-refractivity contribution >= 4 is 21.9 Å². The van der Waals surface area contributed by atoms with Crippen molar-refractivity contribution in [3.8, 4) is 0 Å². The third kappa shape index (κ3) is 13.8. The number of aliphatic hydroxyl groups excluding tert-OH is 1. The number of methoxy groups -OCH3 is 1. The van der Waals surface area contributed by atoms with Gasteiger partial charge in [-0.15, -0.1) is 0 Å². The second kappa shape index (κ2) is 13.3. The van der Waals surface area contributed by atoms with Gasteiger partial charge in [0.15, 0.2) is 6.29 Å². The second-order valence-corrected chi connectivity index (χ2v) is 10.6. The molecule has 0 amide bonds. The predicted molar refractivity (Wildman–Crippen MR) is 110 cm³/mol. The molecule has 0 aliphatic carbocycles. The van der Waals surface area contributed by atoms with Crippen LogP contribution < -0.4 is 0 Å². The Morgan fingerprint density at radius 1 is 1.15 bits per heavy atom. The lowest BCUT2D eigenvalue weighted by Crippen LogP contribution is -2.37. The minimum absolute atomic E-state index is 0.111. The first-order chi connectivity index (χ1) is 12.5. The minimum atomic E-state index is -3.85. The fourth-order valence-corrected chi connectivity index (χ4v) is 4.10. The molecule has 0 aromatic rings. The van der Waals surface area contributed by atoms with E-state index >= 15 is 0 Å². The van der Waals surface area contributed by atoms with E-state index in [1.165, 1.54) is 7.11 Å². The Labute approximate surface area is 169 Å². The monoisotopic (exact) mass is 430 g/mol. The van der Waals surface area contributed by atoms with Crippen molar-refractivity contribution in [3.05, 3.63) is 0 Å². The largest absolute Gasteiger partial charge is 0.367 e. The zero-order chi connectivity index (χ0) is 21.0. The average molecular weight is 431 g/mol. The fourth-order valence-electron chi connectivity index (χ4n) is 2.45. The Bertz CT molecular complexity index is 482. The topological polar surface area (TPSA) is 102 Å². The number of hydrogen-bond acceptors (Lipinski definition) is 7. The standard InChI is InChI=1S/C18H38O7S2/c1-6-18(4,16(19)23-5)13-25-15-24-10-11-26-14-17(2,3)9-7-8-12-27(20,21)22/h16,19H,6-15H2,1-5H3,(H,20,21,22). The summed E-state index contributed by atoms with van der Waals surface area (Å²) in [6.45, 7) is 9.34. The van der Waals surface area contributed by atoms with Crippen LogP contribution in [-0.4, -0.2) is 68.7 Å². The van der Waals surface area contributed by atoms with Crippen molar-refractivity contribution in [1.29, 1.82) is 0 Å². The molecule has 0 aromatic heterocycles. The van der Waals surface area contributed by atoms with Gasteiger partial charge in [-0.2, -0.15) is 20.2 Å². The van der Waals surface area contributed by atoms with Gasteiger partial charge in [-0.05, 0) is 30.4 Å². The van der Waals surface area contributed by atoms with E-state index in [2.05, 4.69) is 13.8 Å². The lowest BCUT2D eigenvalue weighted by molar-refractivity contribution is -0.185. The van der Waals surface area contributed by atoms with Crippen LogP contribution in [0.3, 0.4) is 0 Å². The normalized spacial score (nSPS) is 16.3. The van der Waals surface area contributed by atoms with Crippen LogP contribution in [0.4, 0.5) is 0 Å². The molecule has 0 spiro atoms. The number of aliphatic hydroxyl groups is 1. The highest BCUT2D eigenvalue weighted by molar-refractivity contribution is 7.99. The predicted octanol–water partition coefficient (Wildman–Crippen LogP) is 3.18. The van der Waals surface area contributed by atoms with Crippen LogP contribution in [0.1, 0.15) is 53.4 Å². The Morgan fingerprint density at radius 3 is 2.37 bits per heavy atom. The van der Waals surface area contributed by atoms with Crippen LogP contribution in [-0.2, 0) is 24.3 Å². The third-order valence-corrected chi connectivity index (χ3v) is 6.84. The van der Waals surface area contributed by atoms with E-state index in [9.17, 15) is 13.5 Å². The highest BCUT2D eigenvalue weighted by atomic mass is 32.2. The van der Waals surface area contributed by atoms with Crippen LogP contribution in [0.15, 0.2) is 0 Å². The maximum absolute atomic E-state index is 10.7. The van der Waals surface area contributed by atoms with Crippen molar-refractivity contribution in [2.45, 2.75) is 59.7 Å². The molecule has 0 rings (SSSR count). The van der Waals surface area contributed by atoms with Gasteiger partial charge in [0.2, 0.25) is 0 Å². The van der Waals surface area contributed by atoms with E-state index in [1.807, 2.05) is 13.8 Å². The van der Waals surface area contributed by atoms with E-state index in [0.717, 1.165) is 30.8 Å². The highest BCUT2D eigenvalue weighted by Gasteiger charge is 2.31. The molecule has 0 saturated heterocycles. The van der Waals surface area contributed by atoms with Crippen molar-refractivity contribution < 1.29 is 32.3 Å². The van der Waals surface area contributed by atoms with Gasteiger partial charge in [0.25, 0.3) is 10.1 Å². The van der Waals surface area contributed by atoms with Crippen LogP contribution >= 0.6 is 11.8 Å². The molecule has 164 valence electrons. The summed E-state index contributed by atoms with van der Waals surface area (Å²) in [7, 11) is -2.37. The van der Waals surface area contributed by atoms with Crippen LogP contribution in [0.2, 0.25) is 0 Å². The molecule has 2 N–H and O–H groups in total. The molecular formula is C18H38O7S2. The number of unbranched alkanes of at least 4 members (excludes halogenated alkanes) is 1. The van der Waals surface area contributed by atoms with Gasteiger partial charge >= 0.3 is 0 Å². The molecule has 7 nitrogen and oxygen atoms in total. The van der Waals surface area contributed by atoms with E-state index in [0.29, 0.717) is 19.6 Å². The molecule has 2 atom stereocenters. The molecule has 0 saturated carbocycles. The molecule has 0 heterocycles. The Morgan fingerprint density at radius 2 is 1.81 bits per heavy atom. The maximum Gasteiger partial charge on any atom is 0.264 e. The molecule has 0 aliphatic heterocycles. The van der Waals surface area contributed by atoms with E-state index in [1.54, 1.807) is 11.8 Å². The number of ether oxygens (including phenoxy) is 3. The van der Waals surface area contributed by atoms with E-state index in [4.69, 9.17) is 18.8 Å². The van der Waals surface area contributed by atoms with Gasteiger partial charge in [-0.25, -0.2) is 0 Å². The van der Waals surface area contributed by atoms with Gasteiger partial charge in [-0.3, -0.25) is 4.55 Å². The van der Waals surface area contributed by atoms with E-state index in [-0.39, 0.29) is 18.0 Å². The molecule has 0 aliphatic rings. The molecule has 27 heavy (non-hydrogen) atoms. The molecular weight excluding hydrogens is 392 g/mol. The Hall–Kier alpha value is 0.1000. The lowest BCUT2D eigenvalue weighted by Gasteiger charge is -2.31. The van der Waals surface area contributed by atoms with Crippen LogP contribution in [0, 0.1) is 10.8 Å². The summed E-state index contributed by atoms with van der Waals surface area (Å²) in [5.74, 6) is 1.64. The lowest BCUT2D eigenvalue weighted by atomic mass is 9.88. The number of thioether (sulfide) groups is 1. The molecule has 0 radical (unpaired) electrons. The first kappa shape index (κ1) is 27.1. The number of rotatable bonds is 17. The van der Waals surface area contributed by atoms with Gasteiger partial charge < -0.3 is 19.3 Å². The quantitative estimate of drug-likeness (QED) is 0.206. The summed E-state index contributed by atoms with van der Waals surface area (Å²) in [4.78, 5) is 0. The SMILES string of the molecule is CCC(C)(COCOCCSCC(C)(C)CCCCS(=O)(=O)O)C(O)OC. The van der Waals surface area contributed by atoms with Gasteiger partial charge in [0, 0.05) is 18.3 Å². The Kier molecular flexibility index (Phi) is 13.4. The fraction of sp³-hybridized carbons (Fsp3) is 1.00. The molecule has 0 aromatic carbocycles. The summed E-state index contributed by atoms with van der Waals surface area (Å²) >= 11 is 1.79. The smallest absolute Gasteiger partial charge is 0.264 e. The highest BCUT2D eigenvalue weighted by Crippen LogP contribution is 2.28. The van der Waals surface area contributed by atoms with Crippen molar-refractivity contribution in [2.75, 3.05) is 44.4 Å². The minimum Gasteiger partial charge on any atom is -0.367 e. The maximum atomic E-state index is 10.7. The van der Waals surface area contributed by atoms with E-state index < -0.39 is 21.8 Å². The molecule has 0 fully saturated rings. The summed E-state index contributed by atoms with van der Waals surface area (Å²) in [6.07, 6.45) is 2.05. The second-order valence-electron chi connectivity index (χ2n) is 7.93. The van der Waals surface area contributed by atoms with Crippen molar-refractivity contribution in [1.82, 2.24) is 0 Å². The van der Waals surface area contributed by atoms with Gasteiger partial charge in [0.1, 0.15) is 6.79 Å². The first-order valence-corrected chi connectivity index (χ1v) is 12.1. The summed E-state index contributed by atoms with van der Waals surface area (Å²) in [6, 6.07) is 0. The number of hydrogen-bond donors (Lipinski definition) is 2. The van der Waals surface area contributed by atoms with Gasteiger partial charge in [0.05, 0.1) is 19.0 Å². The zero-order valence-electron chi connectivity index (χ0n) is 17.4. The van der Waals surface area contributed by atoms with Gasteiger partial charge in [-0.1, -0.05) is 34.1 Å². The average Bonchev–Trinajstić information content (AvgIpc) is 2.59. The molecule has 0 bridgehead atoms. The van der Waals surface area contributed by atoms with Crippen molar-refractivity contribution in [3.63, 3.8) is 0 Å². The van der Waals surface area contributed by atoms with Crippen molar-refractivity contribution in [2.24, 2.45) is 10.8 Å². The summed E-state index contributed by atoms with van der Waals surface area (Å²) < 4.78 is 46.1. The van der Waals surface area contributed by atoms with Crippen LogP contribution in [0.5, 0.6) is 0 Å².